The summed E-state index contributed by atoms with van der Waals surface area (Å²) >= 11 is 0. The third kappa shape index (κ3) is 4.46. The van der Waals surface area contributed by atoms with Gasteiger partial charge in [0.05, 0.1) is 13.3 Å². The van der Waals surface area contributed by atoms with E-state index in [0.717, 1.165) is 17.7 Å². The molecule has 0 saturated carbocycles. The van der Waals surface area contributed by atoms with E-state index in [1.807, 2.05) is 24.3 Å². The Kier molecular flexibility index (Phi) is 5.25. The predicted octanol–water partition coefficient (Wildman–Crippen LogP) is 1.39. The Bertz CT molecular complexity index is 296. The van der Waals surface area contributed by atoms with E-state index in [9.17, 15) is 0 Å². The number of hydrogen-bond donors (Lipinski definition) is 1. The van der Waals surface area contributed by atoms with Crippen LogP contribution in [0.4, 0.5) is 0 Å². The Morgan fingerprint density at radius 1 is 1.33 bits per heavy atom. The molecule has 4 heteroatoms. The maximum Gasteiger partial charge on any atom is 0.118 e. The molecule has 2 N–H and O–H groups in total. The number of rotatable bonds is 6. The zero-order valence-electron chi connectivity index (χ0n) is 8.85. The molecule has 15 heavy (non-hydrogen) atoms. The molecule has 0 atom stereocenters. The maximum absolute atomic E-state index is 5.31. The van der Waals surface area contributed by atoms with E-state index < -0.39 is 0 Å². The molecule has 0 unspecified atom stereocenters. The van der Waals surface area contributed by atoms with Crippen LogP contribution in [0, 0.1) is 0 Å². The van der Waals surface area contributed by atoms with E-state index in [1.165, 1.54) is 0 Å². The molecule has 0 aliphatic carbocycles. The highest BCUT2D eigenvalue weighted by Gasteiger charge is 1.90. The van der Waals surface area contributed by atoms with Gasteiger partial charge >= 0.3 is 0 Å². The van der Waals surface area contributed by atoms with Crippen LogP contribution in [-0.2, 0) is 4.84 Å². The molecule has 0 spiro atoms. The molecule has 0 amide bonds. The molecule has 0 aliphatic rings. The van der Waals surface area contributed by atoms with Gasteiger partial charge in [-0.05, 0) is 42.8 Å². The van der Waals surface area contributed by atoms with Crippen molar-refractivity contribution in [3.8, 4) is 5.75 Å². The van der Waals surface area contributed by atoms with E-state index in [0.29, 0.717) is 13.2 Å². The first-order valence-electron chi connectivity index (χ1n) is 4.86. The number of ether oxygens (including phenoxy) is 1. The minimum absolute atomic E-state index is 0.559. The van der Waals surface area contributed by atoms with Gasteiger partial charge in [-0.2, -0.15) is 0 Å². The minimum Gasteiger partial charge on any atom is -0.497 e. The number of benzene rings is 1. The summed E-state index contributed by atoms with van der Waals surface area (Å²) in [5.74, 6) is 0.830. The number of oxime groups is 1. The lowest BCUT2D eigenvalue weighted by molar-refractivity contribution is 0.145. The van der Waals surface area contributed by atoms with E-state index in [-0.39, 0.29) is 0 Å². The second-order valence-corrected chi connectivity index (χ2v) is 2.98. The van der Waals surface area contributed by atoms with Crippen molar-refractivity contribution in [2.45, 2.75) is 6.42 Å². The fourth-order valence-corrected chi connectivity index (χ4v) is 0.989. The zero-order valence-corrected chi connectivity index (χ0v) is 8.85. The molecule has 0 bridgehead atoms. The molecule has 0 fully saturated rings. The molecule has 1 rings (SSSR count). The van der Waals surface area contributed by atoms with Gasteiger partial charge in [0.25, 0.3) is 0 Å². The van der Waals surface area contributed by atoms with Crippen LogP contribution < -0.4 is 10.5 Å². The van der Waals surface area contributed by atoms with Crippen LogP contribution in [0.3, 0.4) is 0 Å². The summed E-state index contributed by atoms with van der Waals surface area (Å²) in [6.45, 7) is 1.18. The zero-order chi connectivity index (χ0) is 10.9. The molecule has 1 aromatic rings. The first kappa shape index (κ1) is 11.5. The minimum atomic E-state index is 0.559. The SMILES string of the molecule is COc1ccc(/C=N/OCCCN)cc1. The highest BCUT2D eigenvalue weighted by Crippen LogP contribution is 2.09. The summed E-state index contributed by atoms with van der Waals surface area (Å²) in [4.78, 5) is 4.99. The van der Waals surface area contributed by atoms with Crippen molar-refractivity contribution >= 4 is 6.21 Å². The smallest absolute Gasteiger partial charge is 0.118 e. The average molecular weight is 208 g/mol. The lowest BCUT2D eigenvalue weighted by Gasteiger charge is -1.99. The van der Waals surface area contributed by atoms with Crippen molar-refractivity contribution < 1.29 is 9.57 Å². The van der Waals surface area contributed by atoms with Crippen LogP contribution in [0.2, 0.25) is 0 Å². The topological polar surface area (TPSA) is 56.8 Å². The molecule has 0 aliphatic heterocycles. The highest BCUT2D eigenvalue weighted by atomic mass is 16.6. The van der Waals surface area contributed by atoms with Crippen molar-refractivity contribution in [1.82, 2.24) is 0 Å². The lowest BCUT2D eigenvalue weighted by atomic mass is 10.2. The first-order chi connectivity index (χ1) is 7.36. The van der Waals surface area contributed by atoms with Crippen molar-refractivity contribution in [1.29, 1.82) is 0 Å². The maximum atomic E-state index is 5.31. The fraction of sp³-hybridized carbons (Fsp3) is 0.364. The molecular formula is C11H16N2O2. The van der Waals surface area contributed by atoms with Gasteiger partial charge in [-0.1, -0.05) is 5.16 Å². The summed E-state index contributed by atoms with van der Waals surface area (Å²) in [5.41, 5.74) is 6.28. The second kappa shape index (κ2) is 6.84. The number of hydrogen-bond acceptors (Lipinski definition) is 4. The van der Waals surface area contributed by atoms with E-state index >= 15 is 0 Å². The van der Waals surface area contributed by atoms with E-state index in [2.05, 4.69) is 5.16 Å². The van der Waals surface area contributed by atoms with Gasteiger partial charge in [-0.15, -0.1) is 0 Å². The quantitative estimate of drug-likeness (QED) is 0.436. The number of nitrogens with two attached hydrogens (primary N) is 1. The van der Waals surface area contributed by atoms with Crippen molar-refractivity contribution in [2.24, 2.45) is 10.9 Å². The van der Waals surface area contributed by atoms with Gasteiger partial charge in [0.15, 0.2) is 0 Å². The number of methoxy groups -OCH3 is 1. The predicted molar refractivity (Wildman–Crippen MR) is 60.2 cm³/mol. The number of nitrogens with zero attached hydrogens (tertiary/aromatic N) is 1. The van der Waals surface area contributed by atoms with Crippen molar-refractivity contribution in [2.75, 3.05) is 20.3 Å². The third-order valence-electron chi connectivity index (χ3n) is 1.83. The molecule has 82 valence electrons. The normalized spacial score (nSPS) is 10.5. The largest absolute Gasteiger partial charge is 0.497 e. The average Bonchev–Trinajstić information content (AvgIpc) is 2.30. The molecule has 0 aromatic heterocycles. The van der Waals surface area contributed by atoms with Crippen LogP contribution in [0.25, 0.3) is 0 Å². The highest BCUT2D eigenvalue weighted by molar-refractivity contribution is 5.79. The van der Waals surface area contributed by atoms with Gasteiger partial charge in [-0.3, -0.25) is 0 Å². The van der Waals surface area contributed by atoms with Gasteiger partial charge in [-0.25, -0.2) is 0 Å². The molecule has 1 aromatic carbocycles. The lowest BCUT2D eigenvalue weighted by Crippen LogP contribution is -2.02. The third-order valence-corrected chi connectivity index (χ3v) is 1.83. The summed E-state index contributed by atoms with van der Waals surface area (Å²) < 4.78 is 5.04. The first-order valence-corrected chi connectivity index (χ1v) is 4.86. The Hall–Kier alpha value is -1.55. The van der Waals surface area contributed by atoms with Gasteiger partial charge in [0.2, 0.25) is 0 Å². The van der Waals surface area contributed by atoms with E-state index in [1.54, 1.807) is 13.3 Å². The van der Waals surface area contributed by atoms with Crippen LogP contribution >= 0.6 is 0 Å². The van der Waals surface area contributed by atoms with Crippen LogP contribution in [0.15, 0.2) is 29.4 Å². The summed E-state index contributed by atoms with van der Waals surface area (Å²) in [6, 6.07) is 7.58. The Morgan fingerprint density at radius 2 is 2.07 bits per heavy atom. The Labute approximate surface area is 89.7 Å². The van der Waals surface area contributed by atoms with Gasteiger partial charge in [0, 0.05) is 0 Å². The van der Waals surface area contributed by atoms with Crippen molar-refractivity contribution in [3.05, 3.63) is 29.8 Å². The molecule has 0 heterocycles. The van der Waals surface area contributed by atoms with Gasteiger partial charge < -0.3 is 15.3 Å². The Morgan fingerprint density at radius 3 is 2.67 bits per heavy atom. The summed E-state index contributed by atoms with van der Waals surface area (Å²) in [5, 5.41) is 3.81. The fourth-order valence-electron chi connectivity index (χ4n) is 0.989. The van der Waals surface area contributed by atoms with E-state index in [4.69, 9.17) is 15.3 Å². The monoisotopic (exact) mass is 208 g/mol. The second-order valence-electron chi connectivity index (χ2n) is 2.98. The molecular weight excluding hydrogens is 192 g/mol. The van der Waals surface area contributed by atoms with Gasteiger partial charge in [0.1, 0.15) is 12.4 Å². The molecule has 0 radical (unpaired) electrons. The summed E-state index contributed by atoms with van der Waals surface area (Å²) in [7, 11) is 1.64. The molecule has 0 saturated heterocycles. The Balaban J connectivity index is 2.36. The van der Waals surface area contributed by atoms with Crippen molar-refractivity contribution in [3.63, 3.8) is 0 Å². The van der Waals surface area contributed by atoms with Crippen LogP contribution in [-0.4, -0.2) is 26.5 Å². The van der Waals surface area contributed by atoms with Crippen LogP contribution in [0.5, 0.6) is 5.75 Å². The van der Waals surface area contributed by atoms with Crippen LogP contribution in [0.1, 0.15) is 12.0 Å². The standard InChI is InChI=1S/C11H16N2O2/c1-14-11-5-3-10(4-6-11)9-13-15-8-2-7-12/h3-6,9H,2,7-8,12H2,1H3/b13-9+. The molecule has 4 nitrogen and oxygen atoms in total. The summed E-state index contributed by atoms with van der Waals surface area (Å²) in [6.07, 6.45) is 2.48.